The van der Waals surface area contributed by atoms with Gasteiger partial charge in [0.15, 0.2) is 0 Å². The lowest BCUT2D eigenvalue weighted by Gasteiger charge is -2.21. The first-order valence-electron chi connectivity index (χ1n) is 11.0. The van der Waals surface area contributed by atoms with E-state index in [4.69, 9.17) is 21.4 Å². The van der Waals surface area contributed by atoms with Crippen LogP contribution in [0.25, 0.3) is 5.69 Å². The number of benzene rings is 2. The fourth-order valence-electron chi connectivity index (χ4n) is 3.18. The van der Waals surface area contributed by atoms with Crippen molar-refractivity contribution in [3.63, 3.8) is 0 Å². The fraction of sp³-hybridized carbons (Fsp3) is 0.320. The third kappa shape index (κ3) is 6.29. The second-order valence-electron chi connectivity index (χ2n) is 8.77. The minimum atomic E-state index is -0.371. The molecule has 3 rings (SSSR count). The predicted molar refractivity (Wildman–Crippen MR) is 135 cm³/mol. The Morgan fingerprint density at radius 1 is 1.06 bits per heavy atom. The van der Waals surface area contributed by atoms with E-state index in [1.165, 1.54) is 4.90 Å². The maximum atomic E-state index is 12.9. The SMILES string of the molecule is CCN(CC(=O)Nc1cc(C(C)(C)C)nn1-c1ccc(Cl)cc1)C(=O)Nc1ccc(OC)cc1. The van der Waals surface area contributed by atoms with E-state index in [1.807, 2.05) is 25.1 Å². The molecule has 0 aliphatic rings. The summed E-state index contributed by atoms with van der Waals surface area (Å²) in [5, 5.41) is 11.0. The maximum absolute atomic E-state index is 12.9. The molecule has 0 bridgehead atoms. The highest BCUT2D eigenvalue weighted by Crippen LogP contribution is 2.27. The van der Waals surface area contributed by atoms with E-state index in [1.54, 1.807) is 48.2 Å². The zero-order valence-corrected chi connectivity index (χ0v) is 20.8. The molecule has 180 valence electrons. The van der Waals surface area contributed by atoms with Crippen LogP contribution in [0.4, 0.5) is 16.3 Å². The number of rotatable bonds is 7. The van der Waals surface area contributed by atoms with E-state index < -0.39 is 0 Å². The van der Waals surface area contributed by atoms with E-state index in [0.717, 1.165) is 11.4 Å². The lowest BCUT2D eigenvalue weighted by molar-refractivity contribution is -0.116. The Hall–Kier alpha value is -3.52. The topological polar surface area (TPSA) is 88.5 Å². The smallest absolute Gasteiger partial charge is 0.322 e. The first kappa shape index (κ1) is 25.1. The van der Waals surface area contributed by atoms with Crippen LogP contribution < -0.4 is 15.4 Å². The van der Waals surface area contributed by atoms with E-state index in [0.29, 0.717) is 28.8 Å². The van der Waals surface area contributed by atoms with Gasteiger partial charge in [-0.25, -0.2) is 9.48 Å². The van der Waals surface area contributed by atoms with Gasteiger partial charge in [0.05, 0.1) is 18.5 Å². The zero-order chi connectivity index (χ0) is 24.9. The summed E-state index contributed by atoms with van der Waals surface area (Å²) in [5.41, 5.74) is 1.98. The van der Waals surface area contributed by atoms with Gasteiger partial charge in [0.1, 0.15) is 18.1 Å². The van der Waals surface area contributed by atoms with Gasteiger partial charge in [-0.2, -0.15) is 5.10 Å². The molecular formula is C25H30ClN5O3. The number of halogens is 1. The van der Waals surface area contributed by atoms with Crippen LogP contribution in [0.3, 0.4) is 0 Å². The van der Waals surface area contributed by atoms with Crippen molar-refractivity contribution in [2.24, 2.45) is 0 Å². The summed E-state index contributed by atoms with van der Waals surface area (Å²) in [6.07, 6.45) is 0. The fourth-order valence-corrected chi connectivity index (χ4v) is 3.30. The van der Waals surface area contributed by atoms with E-state index >= 15 is 0 Å². The van der Waals surface area contributed by atoms with Gasteiger partial charge >= 0.3 is 6.03 Å². The molecule has 0 unspecified atom stereocenters. The molecule has 34 heavy (non-hydrogen) atoms. The van der Waals surface area contributed by atoms with Crippen molar-refractivity contribution in [2.45, 2.75) is 33.1 Å². The summed E-state index contributed by atoms with van der Waals surface area (Å²) in [7, 11) is 1.58. The number of methoxy groups -OCH3 is 1. The van der Waals surface area contributed by atoms with Gasteiger partial charge in [-0.05, 0) is 55.5 Å². The number of amides is 3. The second kappa shape index (κ2) is 10.6. The predicted octanol–water partition coefficient (Wildman–Crippen LogP) is 5.32. The van der Waals surface area contributed by atoms with Crippen molar-refractivity contribution >= 4 is 35.0 Å². The molecular weight excluding hydrogens is 454 g/mol. The zero-order valence-electron chi connectivity index (χ0n) is 20.1. The van der Waals surface area contributed by atoms with Crippen LogP contribution >= 0.6 is 11.6 Å². The molecule has 0 spiro atoms. The third-order valence-corrected chi connectivity index (χ3v) is 5.41. The monoisotopic (exact) mass is 483 g/mol. The first-order valence-corrected chi connectivity index (χ1v) is 11.3. The molecule has 3 aromatic rings. The van der Waals surface area contributed by atoms with E-state index in [9.17, 15) is 9.59 Å². The molecule has 0 atom stereocenters. The number of nitrogens with one attached hydrogen (secondary N) is 2. The van der Waals surface area contributed by atoms with Gasteiger partial charge in [-0.15, -0.1) is 0 Å². The number of likely N-dealkylation sites (N-methyl/N-ethyl adjacent to an activating group) is 1. The van der Waals surface area contributed by atoms with Crippen molar-refractivity contribution in [3.05, 3.63) is 65.3 Å². The van der Waals surface area contributed by atoms with Gasteiger partial charge in [-0.1, -0.05) is 32.4 Å². The number of ether oxygens (including phenoxy) is 1. The number of hydrogen-bond acceptors (Lipinski definition) is 4. The Bertz CT molecular complexity index is 1130. The highest BCUT2D eigenvalue weighted by molar-refractivity contribution is 6.30. The Kier molecular flexibility index (Phi) is 7.83. The van der Waals surface area contributed by atoms with Gasteiger partial charge in [-0.3, -0.25) is 4.79 Å². The number of carbonyl (C=O) groups excluding carboxylic acids is 2. The molecule has 1 aromatic heterocycles. The number of anilines is 2. The molecule has 2 N–H and O–H groups in total. The normalized spacial score (nSPS) is 11.1. The Balaban J connectivity index is 1.74. The highest BCUT2D eigenvalue weighted by Gasteiger charge is 2.23. The van der Waals surface area contributed by atoms with Crippen molar-refractivity contribution in [1.29, 1.82) is 0 Å². The Labute approximate surface area is 204 Å². The Morgan fingerprint density at radius 3 is 2.26 bits per heavy atom. The average Bonchev–Trinajstić information content (AvgIpc) is 3.22. The highest BCUT2D eigenvalue weighted by atomic mass is 35.5. The third-order valence-electron chi connectivity index (χ3n) is 5.16. The molecule has 8 nitrogen and oxygen atoms in total. The standard InChI is InChI=1S/C25H30ClN5O3/c1-6-30(24(33)27-18-9-13-20(34-5)14-10-18)16-23(32)28-22-15-21(25(2,3)4)29-31(22)19-11-7-17(26)8-12-19/h7-15H,6,16H2,1-5H3,(H,27,33)(H,28,32). The summed E-state index contributed by atoms with van der Waals surface area (Å²) >= 11 is 6.03. The number of aromatic nitrogens is 2. The van der Waals surface area contributed by atoms with E-state index in [-0.39, 0.29) is 23.9 Å². The molecule has 3 amide bonds. The Morgan fingerprint density at radius 2 is 1.71 bits per heavy atom. The number of nitrogens with zero attached hydrogens (tertiary/aromatic N) is 3. The van der Waals surface area contributed by atoms with Gasteiger partial charge < -0.3 is 20.3 Å². The first-order chi connectivity index (χ1) is 16.1. The van der Waals surface area contributed by atoms with Crippen molar-refractivity contribution in [3.8, 4) is 11.4 Å². The summed E-state index contributed by atoms with van der Waals surface area (Å²) < 4.78 is 6.80. The number of hydrogen-bond donors (Lipinski definition) is 2. The van der Waals surface area contributed by atoms with Crippen molar-refractivity contribution < 1.29 is 14.3 Å². The molecule has 0 saturated heterocycles. The number of urea groups is 1. The van der Waals surface area contributed by atoms with Crippen molar-refractivity contribution in [2.75, 3.05) is 30.8 Å². The van der Waals surface area contributed by atoms with Crippen LogP contribution in [0, 0.1) is 0 Å². The van der Waals surface area contributed by atoms with E-state index in [2.05, 4.69) is 31.4 Å². The average molecular weight is 484 g/mol. The second-order valence-corrected chi connectivity index (χ2v) is 9.21. The van der Waals surface area contributed by atoms with Crippen LogP contribution in [0.2, 0.25) is 5.02 Å². The quantitative estimate of drug-likeness (QED) is 0.475. The largest absolute Gasteiger partial charge is 0.497 e. The van der Waals surface area contributed by atoms with Gasteiger partial charge in [0.2, 0.25) is 5.91 Å². The maximum Gasteiger partial charge on any atom is 0.322 e. The molecule has 9 heteroatoms. The van der Waals surface area contributed by atoms with Crippen molar-refractivity contribution in [1.82, 2.24) is 14.7 Å². The van der Waals surface area contributed by atoms with Crippen LogP contribution in [-0.4, -0.2) is 46.8 Å². The lowest BCUT2D eigenvalue weighted by atomic mass is 9.92. The molecule has 0 aliphatic heterocycles. The minimum absolute atomic E-state index is 0.116. The molecule has 0 saturated carbocycles. The number of carbonyl (C=O) groups is 2. The molecule has 2 aromatic carbocycles. The summed E-state index contributed by atoms with van der Waals surface area (Å²) in [5.74, 6) is 0.878. The minimum Gasteiger partial charge on any atom is -0.497 e. The summed E-state index contributed by atoms with van der Waals surface area (Å²) in [6, 6.07) is 15.7. The van der Waals surface area contributed by atoms with Crippen LogP contribution in [0.1, 0.15) is 33.4 Å². The summed E-state index contributed by atoms with van der Waals surface area (Å²) in [4.78, 5) is 27.0. The summed E-state index contributed by atoms with van der Waals surface area (Å²) in [6.45, 7) is 8.21. The van der Waals surface area contributed by atoms with Crippen LogP contribution in [0.15, 0.2) is 54.6 Å². The molecule has 0 fully saturated rings. The molecule has 0 aliphatic carbocycles. The van der Waals surface area contributed by atoms with Crippen LogP contribution in [0.5, 0.6) is 5.75 Å². The lowest BCUT2D eigenvalue weighted by Crippen LogP contribution is -2.40. The van der Waals surface area contributed by atoms with Crippen LogP contribution in [-0.2, 0) is 10.2 Å². The van der Waals surface area contributed by atoms with Gasteiger partial charge in [0, 0.05) is 28.7 Å². The molecule has 0 radical (unpaired) electrons. The molecule has 1 heterocycles. The van der Waals surface area contributed by atoms with Gasteiger partial charge in [0.25, 0.3) is 0 Å².